The largest absolute Gasteiger partial charge is 0.550 e. The van der Waals surface area contributed by atoms with Crippen LogP contribution in [0.4, 0.5) is 0 Å². The fourth-order valence-corrected chi connectivity index (χ4v) is 12.5. The Kier molecular flexibility index (Phi) is 9.58. The summed E-state index contributed by atoms with van der Waals surface area (Å²) in [7, 11) is 3.34. The van der Waals surface area contributed by atoms with Gasteiger partial charge in [-0.1, -0.05) is 20.8 Å². The zero-order chi connectivity index (χ0) is 37.2. The van der Waals surface area contributed by atoms with Crippen LogP contribution >= 0.6 is 0 Å². The topological polar surface area (TPSA) is 121 Å². The molecule has 0 spiro atoms. The number of aryl methyl sites for hydroxylation is 2. The number of carbonyl (C=O) groups excluding carboxylic acids is 1. The zero-order valence-electron chi connectivity index (χ0n) is 32.1. The highest BCUT2D eigenvalue weighted by Crippen LogP contribution is 2.68. The van der Waals surface area contributed by atoms with Crippen molar-refractivity contribution in [2.45, 2.75) is 110 Å². The Bertz CT molecular complexity index is 1880. The number of methoxy groups -OCH3 is 2. The highest BCUT2D eigenvalue weighted by atomic mass is 16.7. The molecule has 4 fully saturated rings. The van der Waals surface area contributed by atoms with E-state index in [1.165, 1.54) is 42.5 Å². The monoisotopic (exact) mass is 727 g/mol. The van der Waals surface area contributed by atoms with Crippen molar-refractivity contribution < 1.29 is 43.6 Å². The number of benzene rings is 2. The summed E-state index contributed by atoms with van der Waals surface area (Å²) in [5.41, 5.74) is 4.17. The molecule has 0 radical (unpaired) electrons. The molecule has 0 bridgehead atoms. The van der Waals surface area contributed by atoms with Crippen LogP contribution in [0.25, 0.3) is 22.0 Å². The Morgan fingerprint density at radius 2 is 1.74 bits per heavy atom. The van der Waals surface area contributed by atoms with E-state index in [1.54, 1.807) is 14.2 Å². The van der Waals surface area contributed by atoms with Crippen molar-refractivity contribution in [3.63, 3.8) is 0 Å². The van der Waals surface area contributed by atoms with E-state index >= 15 is 0 Å². The number of pyridine rings is 1. The van der Waals surface area contributed by atoms with Gasteiger partial charge in [0.25, 0.3) is 0 Å². The molecule has 3 heterocycles. The SMILES string of the molecule is COc1ccc2cc3[n+](cc2c1OC)CCc1cc2c(cc1-3)OCO2.C[C@H](CCC(=O)[O-])[C@H]1CC[C@H]2[C@@H]3[C@@H](O)C[C@@H]4C[C@H](O)CC[C@]4(C)[C@H]3CC[C@]12C. The zero-order valence-corrected chi connectivity index (χ0v) is 32.1. The molecule has 4 aliphatic carbocycles. The Hall–Kier alpha value is -3.56. The molecule has 9 rings (SSSR count). The minimum atomic E-state index is -0.934. The lowest BCUT2D eigenvalue weighted by Gasteiger charge is -2.62. The molecule has 9 heteroatoms. The second-order valence-electron chi connectivity index (χ2n) is 17.6. The summed E-state index contributed by atoms with van der Waals surface area (Å²) in [4.78, 5) is 10.9. The molecular formula is C44H57NO8. The first kappa shape index (κ1) is 36.4. The number of aliphatic carboxylic acids is 1. The number of aromatic nitrogens is 1. The van der Waals surface area contributed by atoms with Crippen molar-refractivity contribution in [2.24, 2.45) is 46.3 Å². The Balaban J connectivity index is 0.000000152. The number of hydrogen-bond acceptors (Lipinski definition) is 8. The number of nitrogens with zero attached hydrogens (tertiary/aromatic N) is 1. The summed E-state index contributed by atoms with van der Waals surface area (Å²) >= 11 is 0. The van der Waals surface area contributed by atoms with Crippen molar-refractivity contribution in [1.82, 2.24) is 0 Å². The van der Waals surface area contributed by atoms with Crippen LogP contribution in [-0.2, 0) is 17.8 Å². The van der Waals surface area contributed by atoms with E-state index in [-0.39, 0.29) is 29.5 Å². The number of hydrogen-bond donors (Lipinski definition) is 2. The Morgan fingerprint density at radius 3 is 2.49 bits per heavy atom. The molecule has 1 aromatic heterocycles. The number of aliphatic hydroxyl groups is 2. The van der Waals surface area contributed by atoms with Gasteiger partial charge < -0.3 is 39.1 Å². The van der Waals surface area contributed by atoms with E-state index in [2.05, 4.69) is 55.8 Å². The molecule has 9 nitrogen and oxygen atoms in total. The molecule has 2 aliphatic heterocycles. The Morgan fingerprint density at radius 1 is 0.981 bits per heavy atom. The number of carboxylic acids is 1. The lowest BCUT2D eigenvalue weighted by molar-refractivity contribution is -0.686. The average molecular weight is 728 g/mol. The summed E-state index contributed by atoms with van der Waals surface area (Å²) in [6, 6.07) is 10.4. The quantitative estimate of drug-likeness (QED) is 0.287. The third kappa shape index (κ3) is 6.14. The fourth-order valence-electron chi connectivity index (χ4n) is 12.5. The van der Waals surface area contributed by atoms with E-state index in [0.717, 1.165) is 72.4 Å². The third-order valence-corrected chi connectivity index (χ3v) is 15.2. The lowest BCUT2D eigenvalue weighted by Crippen LogP contribution is -2.58. The summed E-state index contributed by atoms with van der Waals surface area (Å²) in [5, 5.41) is 34.5. The van der Waals surface area contributed by atoms with Crippen LogP contribution in [0.3, 0.4) is 0 Å². The van der Waals surface area contributed by atoms with Crippen molar-refractivity contribution >= 4 is 16.7 Å². The predicted octanol–water partition coefficient (Wildman–Crippen LogP) is 6.24. The van der Waals surface area contributed by atoms with Gasteiger partial charge in [0.1, 0.15) is 0 Å². The van der Waals surface area contributed by atoms with Crippen LogP contribution in [0.1, 0.15) is 90.5 Å². The highest BCUT2D eigenvalue weighted by Gasteiger charge is 2.62. The molecular weight excluding hydrogens is 670 g/mol. The lowest BCUT2D eigenvalue weighted by atomic mass is 9.43. The molecule has 10 atom stereocenters. The van der Waals surface area contributed by atoms with Gasteiger partial charge in [-0.05, 0) is 146 Å². The number of rotatable bonds is 6. The summed E-state index contributed by atoms with van der Waals surface area (Å²) < 4.78 is 24.4. The molecule has 0 saturated heterocycles. The maximum atomic E-state index is 11.2. The fraction of sp³-hybridized carbons (Fsp3) is 0.636. The van der Waals surface area contributed by atoms with Gasteiger partial charge in [0, 0.05) is 18.5 Å². The maximum absolute atomic E-state index is 11.2. The van der Waals surface area contributed by atoms with Crippen molar-refractivity contribution in [3.8, 4) is 34.3 Å². The van der Waals surface area contributed by atoms with Crippen molar-refractivity contribution in [1.29, 1.82) is 0 Å². The van der Waals surface area contributed by atoms with Gasteiger partial charge in [-0.2, -0.15) is 4.57 Å². The minimum Gasteiger partial charge on any atom is -0.550 e. The minimum absolute atomic E-state index is 0.162. The molecule has 286 valence electrons. The smallest absolute Gasteiger partial charge is 0.231 e. The summed E-state index contributed by atoms with van der Waals surface area (Å²) in [6.07, 6.45) is 12.0. The first-order chi connectivity index (χ1) is 25.4. The van der Waals surface area contributed by atoms with Crippen LogP contribution < -0.4 is 28.6 Å². The van der Waals surface area contributed by atoms with Gasteiger partial charge >= 0.3 is 0 Å². The number of ether oxygens (including phenoxy) is 4. The highest BCUT2D eigenvalue weighted by molar-refractivity contribution is 5.91. The van der Waals surface area contributed by atoms with E-state index in [4.69, 9.17) is 18.9 Å². The van der Waals surface area contributed by atoms with Crippen molar-refractivity contribution in [3.05, 3.63) is 42.1 Å². The Labute approximate surface area is 313 Å². The number of fused-ring (bicyclic) bond motifs is 10. The second kappa shape index (κ2) is 13.9. The van der Waals surface area contributed by atoms with Gasteiger partial charge in [-0.25, -0.2) is 0 Å². The molecule has 0 amide bonds. The molecule has 0 unspecified atom stereocenters. The van der Waals surface area contributed by atoms with Crippen LogP contribution in [0.15, 0.2) is 36.5 Å². The first-order valence-corrected chi connectivity index (χ1v) is 20.0. The molecule has 3 aromatic rings. The van der Waals surface area contributed by atoms with Gasteiger partial charge in [0.05, 0.1) is 37.4 Å². The molecule has 53 heavy (non-hydrogen) atoms. The van der Waals surface area contributed by atoms with E-state index in [1.807, 2.05) is 6.07 Å². The standard InChI is InChI=1S/C24H40O4.C20H18NO4/c1-14(4-7-21(27)28)17-5-6-18-22-19(9-11-24(17,18)3)23(2)10-8-16(25)12-15(23)13-20(22)26;1-22-17-4-3-12-7-16-14-9-19-18(24-11-25-19)8-13(14)5-6-21(16)10-15(12)20(17)23-2/h14-20,22,25-26H,4-13H2,1-3H3,(H,27,28);3-4,7-10H,5-6,11H2,1-2H3/q;+1/p-1/t14-,15+,16-,17-,18+,19+,20+,22+,23+,24-;/m1./s1. The number of aliphatic hydroxyl groups excluding tert-OH is 2. The third-order valence-electron chi connectivity index (χ3n) is 15.2. The maximum Gasteiger partial charge on any atom is 0.231 e. The first-order valence-electron chi connectivity index (χ1n) is 20.0. The average Bonchev–Trinajstić information content (AvgIpc) is 3.76. The van der Waals surface area contributed by atoms with Gasteiger partial charge in [-0.15, -0.1) is 0 Å². The van der Waals surface area contributed by atoms with Gasteiger partial charge in [0.2, 0.25) is 12.5 Å². The molecule has 6 aliphatic rings. The van der Waals surface area contributed by atoms with E-state index in [0.29, 0.717) is 48.7 Å². The molecule has 2 aromatic carbocycles. The predicted molar refractivity (Wildman–Crippen MR) is 199 cm³/mol. The van der Waals surface area contributed by atoms with Gasteiger partial charge in [-0.3, -0.25) is 0 Å². The van der Waals surface area contributed by atoms with E-state index < -0.39 is 5.97 Å². The normalized spacial score (nSPS) is 34.0. The number of carboxylic acid groups (broad SMARTS) is 1. The molecule has 2 N–H and O–H groups in total. The molecule has 4 saturated carbocycles. The van der Waals surface area contributed by atoms with Crippen LogP contribution in [0.5, 0.6) is 23.0 Å². The summed E-state index contributed by atoms with van der Waals surface area (Å²) in [6.45, 7) is 8.33. The summed E-state index contributed by atoms with van der Waals surface area (Å²) in [5.74, 6) is 5.18. The number of carbonyl (C=O) groups is 1. The van der Waals surface area contributed by atoms with E-state index in [9.17, 15) is 20.1 Å². The van der Waals surface area contributed by atoms with Crippen LogP contribution in [0, 0.1) is 46.3 Å². The van der Waals surface area contributed by atoms with Gasteiger partial charge in [0.15, 0.2) is 35.7 Å². The second-order valence-corrected chi connectivity index (χ2v) is 17.6. The van der Waals surface area contributed by atoms with Crippen LogP contribution in [-0.4, -0.2) is 49.4 Å². The van der Waals surface area contributed by atoms with Crippen LogP contribution in [0.2, 0.25) is 0 Å². The van der Waals surface area contributed by atoms with Crippen molar-refractivity contribution in [2.75, 3.05) is 21.0 Å².